The van der Waals surface area contributed by atoms with Gasteiger partial charge in [-0.15, -0.1) is 0 Å². The van der Waals surface area contributed by atoms with Crippen molar-refractivity contribution in [1.29, 1.82) is 0 Å². The summed E-state index contributed by atoms with van der Waals surface area (Å²) >= 11 is 1.73. The maximum Gasteiger partial charge on any atom is 0.335 e. The Hall–Kier alpha value is -1.05. The first kappa shape index (κ1) is 16.3. The number of carbonyl (C=O) groups is 1. The molecule has 5 nitrogen and oxygen atoms in total. The second-order valence-electron chi connectivity index (χ2n) is 5.26. The van der Waals surface area contributed by atoms with Crippen LogP contribution >= 0.6 is 11.8 Å². The van der Waals surface area contributed by atoms with E-state index in [4.69, 9.17) is 5.11 Å². The summed E-state index contributed by atoms with van der Waals surface area (Å²) in [6.07, 6.45) is 0. The van der Waals surface area contributed by atoms with E-state index in [0.29, 0.717) is 17.7 Å². The zero-order chi connectivity index (χ0) is 15.8. The number of hydrogen-bond acceptors (Lipinski definition) is 4. The average Bonchev–Trinajstić information content (AvgIpc) is 2.41. The molecule has 21 heavy (non-hydrogen) atoms. The monoisotopic (exact) mass is 329 g/mol. The Morgan fingerprint density at radius 1 is 1.38 bits per heavy atom. The number of carboxylic acid groups (broad SMARTS) is 1. The second-order valence-corrected chi connectivity index (χ2v) is 8.27. The molecule has 1 atom stereocenters. The third-order valence-electron chi connectivity index (χ3n) is 3.76. The van der Waals surface area contributed by atoms with Gasteiger partial charge >= 0.3 is 5.97 Å². The lowest BCUT2D eigenvalue weighted by atomic mass is 10.1. The van der Waals surface area contributed by atoms with E-state index in [1.54, 1.807) is 25.6 Å². The molecule has 1 aromatic rings. The van der Waals surface area contributed by atoms with Gasteiger partial charge in [0.15, 0.2) is 0 Å². The Bertz CT molecular complexity index is 670. The van der Waals surface area contributed by atoms with Crippen molar-refractivity contribution in [2.75, 3.05) is 18.1 Å². The van der Waals surface area contributed by atoms with Crippen molar-refractivity contribution in [2.45, 2.75) is 31.7 Å². The molecule has 2 rings (SSSR count). The van der Waals surface area contributed by atoms with Crippen LogP contribution in [0, 0.1) is 13.8 Å². The first-order chi connectivity index (χ1) is 9.75. The molecule has 0 aliphatic carbocycles. The zero-order valence-corrected chi connectivity index (χ0v) is 13.9. The number of carboxylic acids is 1. The van der Waals surface area contributed by atoms with Crippen LogP contribution in [0.1, 0.15) is 28.4 Å². The third kappa shape index (κ3) is 3.09. The standard InChI is InChI=1S/C14H19NO4S2/c1-9-6-12(14(16)17)7-13(11(9)3)21(18,19)15-4-5-20-8-10(15)2/h6-7,10H,4-5,8H2,1-3H3,(H,16,17). The van der Waals surface area contributed by atoms with E-state index in [9.17, 15) is 13.2 Å². The Balaban J connectivity index is 2.56. The maximum absolute atomic E-state index is 12.9. The van der Waals surface area contributed by atoms with Crippen molar-refractivity contribution >= 4 is 27.8 Å². The summed E-state index contributed by atoms with van der Waals surface area (Å²) in [4.78, 5) is 11.3. The van der Waals surface area contributed by atoms with Crippen LogP contribution in [0.15, 0.2) is 17.0 Å². The fourth-order valence-electron chi connectivity index (χ4n) is 2.41. The van der Waals surface area contributed by atoms with Gasteiger partial charge in [0.05, 0.1) is 10.5 Å². The van der Waals surface area contributed by atoms with E-state index in [2.05, 4.69) is 0 Å². The molecule has 0 radical (unpaired) electrons. The van der Waals surface area contributed by atoms with E-state index >= 15 is 0 Å². The molecular formula is C14H19NO4S2. The number of nitrogens with zero attached hydrogens (tertiary/aromatic N) is 1. The fourth-order valence-corrected chi connectivity index (χ4v) is 5.59. The van der Waals surface area contributed by atoms with E-state index in [1.807, 2.05) is 6.92 Å². The minimum atomic E-state index is -3.66. The molecule has 116 valence electrons. The predicted molar refractivity (Wildman–Crippen MR) is 83.6 cm³/mol. The van der Waals surface area contributed by atoms with Gasteiger partial charge in [0.1, 0.15) is 0 Å². The van der Waals surface area contributed by atoms with Crippen molar-refractivity contribution in [3.05, 3.63) is 28.8 Å². The molecule has 1 N–H and O–H groups in total. The minimum absolute atomic E-state index is 0.00992. The van der Waals surface area contributed by atoms with Crippen molar-refractivity contribution in [2.24, 2.45) is 0 Å². The molecule has 1 aliphatic rings. The molecule has 1 heterocycles. The number of sulfonamides is 1. The second kappa shape index (κ2) is 5.98. The van der Waals surface area contributed by atoms with Crippen LogP contribution < -0.4 is 0 Å². The highest BCUT2D eigenvalue weighted by Gasteiger charge is 2.33. The van der Waals surface area contributed by atoms with Crippen LogP contribution in [-0.4, -0.2) is 47.9 Å². The van der Waals surface area contributed by atoms with Gasteiger partial charge in [-0.05, 0) is 44.0 Å². The number of hydrogen-bond donors (Lipinski definition) is 1. The van der Waals surface area contributed by atoms with Gasteiger partial charge in [0.25, 0.3) is 0 Å². The maximum atomic E-state index is 12.9. The van der Waals surface area contributed by atoms with E-state index in [0.717, 1.165) is 11.5 Å². The highest BCUT2D eigenvalue weighted by atomic mass is 32.2. The average molecular weight is 329 g/mol. The molecule has 1 aliphatic heterocycles. The molecular weight excluding hydrogens is 310 g/mol. The molecule has 0 saturated carbocycles. The van der Waals surface area contributed by atoms with Gasteiger partial charge in [-0.2, -0.15) is 16.1 Å². The topological polar surface area (TPSA) is 74.7 Å². The summed E-state index contributed by atoms with van der Waals surface area (Å²) in [5.41, 5.74) is 1.30. The molecule has 0 spiro atoms. The Morgan fingerprint density at radius 3 is 2.62 bits per heavy atom. The molecule has 1 saturated heterocycles. The van der Waals surface area contributed by atoms with Gasteiger partial charge < -0.3 is 5.11 Å². The molecule has 0 bridgehead atoms. The SMILES string of the molecule is Cc1cc(C(=O)O)cc(S(=O)(=O)N2CCSCC2C)c1C. The summed E-state index contributed by atoms with van der Waals surface area (Å²) < 4.78 is 27.2. The largest absolute Gasteiger partial charge is 0.478 e. The Labute approximate surface area is 129 Å². The Morgan fingerprint density at radius 2 is 2.05 bits per heavy atom. The van der Waals surface area contributed by atoms with Crippen molar-refractivity contribution in [1.82, 2.24) is 4.31 Å². The number of aryl methyl sites for hydroxylation is 1. The summed E-state index contributed by atoms with van der Waals surface area (Å²) in [6, 6.07) is 2.70. The summed E-state index contributed by atoms with van der Waals surface area (Å²) in [7, 11) is -3.66. The molecule has 0 aromatic heterocycles. The highest BCUT2D eigenvalue weighted by molar-refractivity contribution is 7.99. The molecule has 1 aromatic carbocycles. The quantitative estimate of drug-likeness (QED) is 0.919. The number of thioether (sulfide) groups is 1. The highest BCUT2D eigenvalue weighted by Crippen LogP contribution is 2.28. The lowest BCUT2D eigenvalue weighted by Gasteiger charge is -2.32. The fraction of sp³-hybridized carbons (Fsp3) is 0.500. The molecule has 1 unspecified atom stereocenters. The van der Waals surface area contributed by atoms with Gasteiger partial charge in [-0.1, -0.05) is 0 Å². The van der Waals surface area contributed by atoms with E-state index < -0.39 is 16.0 Å². The third-order valence-corrected chi connectivity index (χ3v) is 7.09. The lowest BCUT2D eigenvalue weighted by molar-refractivity contribution is 0.0696. The Kier molecular flexibility index (Phi) is 4.65. The first-order valence-corrected chi connectivity index (χ1v) is 9.28. The van der Waals surface area contributed by atoms with Crippen LogP contribution in [0.5, 0.6) is 0 Å². The molecule has 0 amide bonds. The summed E-state index contributed by atoms with van der Waals surface area (Å²) in [6.45, 7) is 5.80. The van der Waals surface area contributed by atoms with Crippen molar-refractivity contribution < 1.29 is 18.3 Å². The van der Waals surface area contributed by atoms with E-state index in [1.165, 1.54) is 16.4 Å². The van der Waals surface area contributed by atoms with Crippen molar-refractivity contribution in [3.63, 3.8) is 0 Å². The van der Waals surface area contributed by atoms with Crippen LogP contribution in [0.3, 0.4) is 0 Å². The van der Waals surface area contributed by atoms with Gasteiger partial charge in [-0.3, -0.25) is 0 Å². The number of rotatable bonds is 3. The molecule has 1 fully saturated rings. The van der Waals surface area contributed by atoms with Crippen LogP contribution in [-0.2, 0) is 10.0 Å². The van der Waals surface area contributed by atoms with Crippen molar-refractivity contribution in [3.8, 4) is 0 Å². The minimum Gasteiger partial charge on any atom is -0.478 e. The van der Waals surface area contributed by atoms with Gasteiger partial charge in [0.2, 0.25) is 10.0 Å². The van der Waals surface area contributed by atoms with Gasteiger partial charge in [0, 0.05) is 24.1 Å². The van der Waals surface area contributed by atoms with E-state index in [-0.39, 0.29) is 16.5 Å². The normalized spacial score (nSPS) is 20.4. The smallest absolute Gasteiger partial charge is 0.335 e. The van der Waals surface area contributed by atoms with Crippen LogP contribution in [0.25, 0.3) is 0 Å². The zero-order valence-electron chi connectivity index (χ0n) is 12.3. The van der Waals surface area contributed by atoms with Crippen LogP contribution in [0.4, 0.5) is 0 Å². The van der Waals surface area contributed by atoms with Crippen LogP contribution in [0.2, 0.25) is 0 Å². The lowest BCUT2D eigenvalue weighted by Crippen LogP contribution is -2.44. The number of benzene rings is 1. The van der Waals surface area contributed by atoms with Gasteiger partial charge in [-0.25, -0.2) is 13.2 Å². The predicted octanol–water partition coefficient (Wildman–Crippen LogP) is 2.13. The first-order valence-electron chi connectivity index (χ1n) is 6.69. The molecule has 7 heteroatoms. The number of aromatic carboxylic acids is 1. The summed E-state index contributed by atoms with van der Waals surface area (Å²) in [5.74, 6) is 0.410. The summed E-state index contributed by atoms with van der Waals surface area (Å²) in [5, 5.41) is 9.14.